The van der Waals surface area contributed by atoms with E-state index in [2.05, 4.69) is 27.2 Å². The van der Waals surface area contributed by atoms with E-state index in [0.29, 0.717) is 19.0 Å². The molecule has 3 rings (SSSR count). The normalized spacial score (nSPS) is 10.2. The Morgan fingerprint density at radius 2 is 1.77 bits per heavy atom. The van der Waals surface area contributed by atoms with Gasteiger partial charge in [-0.1, -0.05) is 54.6 Å². The van der Waals surface area contributed by atoms with Crippen LogP contribution in [0, 0.1) is 0 Å². The monoisotopic (exact) mass is 346 g/mol. The second-order valence-electron chi connectivity index (χ2n) is 5.66. The Bertz CT molecular complexity index is 865. The summed E-state index contributed by atoms with van der Waals surface area (Å²) in [6.45, 7) is 4.95. The van der Waals surface area contributed by atoms with Crippen LogP contribution in [0.25, 0.3) is 11.3 Å². The average Bonchev–Trinajstić information content (AvgIpc) is 2.71. The number of hydrogen-bond acceptors (Lipinski definition) is 5. The van der Waals surface area contributed by atoms with Gasteiger partial charge < -0.3 is 15.4 Å². The topological polar surface area (TPSA) is 59.1 Å². The summed E-state index contributed by atoms with van der Waals surface area (Å²) < 4.78 is 5.40. The molecule has 3 aromatic rings. The molecule has 1 heterocycles. The van der Waals surface area contributed by atoms with Crippen molar-refractivity contribution in [2.24, 2.45) is 0 Å². The summed E-state index contributed by atoms with van der Waals surface area (Å²) in [6, 6.07) is 19.9. The lowest BCUT2D eigenvalue weighted by atomic mass is 10.1. The SMILES string of the molecule is C=CCNc1cc(-c2ccccc2)nc(NCc2ccccc2OC)n1. The van der Waals surface area contributed by atoms with Gasteiger partial charge in [0, 0.05) is 30.3 Å². The zero-order valence-electron chi connectivity index (χ0n) is 14.8. The first-order valence-electron chi connectivity index (χ1n) is 8.45. The number of ether oxygens (including phenoxy) is 1. The van der Waals surface area contributed by atoms with Crippen molar-refractivity contribution in [1.82, 2.24) is 9.97 Å². The van der Waals surface area contributed by atoms with E-state index in [1.807, 2.05) is 60.7 Å². The van der Waals surface area contributed by atoms with Crippen molar-refractivity contribution in [2.45, 2.75) is 6.54 Å². The van der Waals surface area contributed by atoms with Crippen molar-refractivity contribution in [1.29, 1.82) is 0 Å². The van der Waals surface area contributed by atoms with Gasteiger partial charge in [-0.2, -0.15) is 4.98 Å². The molecule has 0 amide bonds. The zero-order valence-corrected chi connectivity index (χ0v) is 14.8. The summed E-state index contributed by atoms with van der Waals surface area (Å²) in [5.41, 5.74) is 2.94. The fourth-order valence-electron chi connectivity index (χ4n) is 2.57. The number of nitrogens with zero attached hydrogens (tertiary/aromatic N) is 2. The van der Waals surface area contributed by atoms with E-state index in [1.165, 1.54) is 0 Å². The summed E-state index contributed by atoms with van der Waals surface area (Å²) in [7, 11) is 1.67. The highest BCUT2D eigenvalue weighted by atomic mass is 16.5. The second-order valence-corrected chi connectivity index (χ2v) is 5.66. The van der Waals surface area contributed by atoms with E-state index in [1.54, 1.807) is 13.2 Å². The zero-order chi connectivity index (χ0) is 18.2. The van der Waals surface area contributed by atoms with Gasteiger partial charge in [0.15, 0.2) is 0 Å². The van der Waals surface area contributed by atoms with Crippen LogP contribution in [0.5, 0.6) is 5.75 Å². The number of para-hydroxylation sites is 1. The minimum absolute atomic E-state index is 0.559. The lowest BCUT2D eigenvalue weighted by Gasteiger charge is -2.12. The molecule has 0 saturated carbocycles. The predicted molar refractivity (Wildman–Crippen MR) is 106 cm³/mol. The van der Waals surface area contributed by atoms with E-state index in [4.69, 9.17) is 4.74 Å². The van der Waals surface area contributed by atoms with Gasteiger partial charge in [-0.15, -0.1) is 6.58 Å². The molecule has 0 bridgehead atoms. The molecule has 5 nitrogen and oxygen atoms in total. The Labute approximate surface area is 153 Å². The highest BCUT2D eigenvalue weighted by Gasteiger charge is 2.08. The van der Waals surface area contributed by atoms with Crippen LogP contribution in [-0.4, -0.2) is 23.6 Å². The first-order chi connectivity index (χ1) is 12.8. The van der Waals surface area contributed by atoms with Crippen molar-refractivity contribution in [3.63, 3.8) is 0 Å². The first-order valence-corrected chi connectivity index (χ1v) is 8.45. The molecule has 5 heteroatoms. The van der Waals surface area contributed by atoms with E-state index >= 15 is 0 Å². The number of methoxy groups -OCH3 is 1. The van der Waals surface area contributed by atoms with Gasteiger partial charge in [0.2, 0.25) is 5.95 Å². The Kier molecular flexibility index (Phi) is 5.83. The van der Waals surface area contributed by atoms with Gasteiger partial charge in [-0.25, -0.2) is 4.98 Å². The molecule has 0 atom stereocenters. The fourth-order valence-corrected chi connectivity index (χ4v) is 2.57. The van der Waals surface area contributed by atoms with Crippen molar-refractivity contribution in [3.8, 4) is 17.0 Å². The van der Waals surface area contributed by atoms with Gasteiger partial charge in [-0.05, 0) is 6.07 Å². The number of hydrogen-bond donors (Lipinski definition) is 2. The Morgan fingerprint density at radius 3 is 2.54 bits per heavy atom. The molecule has 0 spiro atoms. The number of benzene rings is 2. The van der Waals surface area contributed by atoms with Crippen LogP contribution in [0.4, 0.5) is 11.8 Å². The minimum atomic E-state index is 0.559. The summed E-state index contributed by atoms with van der Waals surface area (Å²) in [5.74, 6) is 2.15. The van der Waals surface area contributed by atoms with Gasteiger partial charge in [0.25, 0.3) is 0 Å². The molecule has 1 aromatic heterocycles. The lowest BCUT2D eigenvalue weighted by Crippen LogP contribution is -2.08. The fraction of sp³-hybridized carbons (Fsp3) is 0.143. The quantitative estimate of drug-likeness (QED) is 0.593. The summed E-state index contributed by atoms with van der Waals surface area (Å²) in [6.07, 6.45) is 1.80. The van der Waals surface area contributed by atoms with E-state index < -0.39 is 0 Å². The highest BCUT2D eigenvalue weighted by molar-refractivity contribution is 5.64. The van der Waals surface area contributed by atoms with Crippen LogP contribution in [0.1, 0.15) is 5.56 Å². The molecular weight excluding hydrogens is 324 g/mol. The molecule has 2 aromatic carbocycles. The molecule has 0 unspecified atom stereocenters. The Hall–Kier alpha value is -3.34. The number of aromatic nitrogens is 2. The molecule has 0 saturated heterocycles. The van der Waals surface area contributed by atoms with Crippen molar-refractivity contribution in [3.05, 3.63) is 78.9 Å². The van der Waals surface area contributed by atoms with Gasteiger partial charge in [0.05, 0.1) is 12.8 Å². The summed E-state index contributed by atoms with van der Waals surface area (Å²) >= 11 is 0. The van der Waals surface area contributed by atoms with Crippen molar-refractivity contribution in [2.75, 3.05) is 24.3 Å². The highest BCUT2D eigenvalue weighted by Crippen LogP contribution is 2.23. The maximum absolute atomic E-state index is 5.40. The molecule has 0 radical (unpaired) electrons. The smallest absolute Gasteiger partial charge is 0.225 e. The van der Waals surface area contributed by atoms with E-state index in [0.717, 1.165) is 28.4 Å². The minimum Gasteiger partial charge on any atom is -0.496 e. The van der Waals surface area contributed by atoms with Crippen LogP contribution in [0.3, 0.4) is 0 Å². The molecular formula is C21H22N4O. The lowest BCUT2D eigenvalue weighted by molar-refractivity contribution is 0.410. The maximum atomic E-state index is 5.40. The molecule has 2 N–H and O–H groups in total. The number of rotatable bonds is 8. The Balaban J connectivity index is 1.86. The van der Waals surface area contributed by atoms with Crippen LogP contribution in [-0.2, 0) is 6.54 Å². The molecule has 26 heavy (non-hydrogen) atoms. The van der Waals surface area contributed by atoms with E-state index in [9.17, 15) is 0 Å². The third kappa shape index (κ3) is 4.39. The van der Waals surface area contributed by atoms with Gasteiger partial charge in [0.1, 0.15) is 11.6 Å². The average molecular weight is 346 g/mol. The molecule has 0 aliphatic rings. The summed E-state index contributed by atoms with van der Waals surface area (Å²) in [4.78, 5) is 9.20. The van der Waals surface area contributed by atoms with Crippen molar-refractivity contribution < 1.29 is 4.74 Å². The van der Waals surface area contributed by atoms with Gasteiger partial charge in [-0.3, -0.25) is 0 Å². The number of nitrogens with one attached hydrogen (secondary N) is 2. The largest absolute Gasteiger partial charge is 0.496 e. The second kappa shape index (κ2) is 8.67. The Morgan fingerprint density at radius 1 is 1.00 bits per heavy atom. The number of anilines is 2. The summed E-state index contributed by atoms with van der Waals surface area (Å²) in [5, 5.41) is 6.53. The molecule has 0 fully saturated rings. The van der Waals surface area contributed by atoms with Crippen LogP contribution >= 0.6 is 0 Å². The standard InChI is InChI=1S/C21H22N4O/c1-3-13-22-20-14-18(16-9-5-4-6-10-16)24-21(25-20)23-15-17-11-7-8-12-19(17)26-2/h3-12,14H,1,13,15H2,2H3,(H2,22,23,24,25). The molecule has 0 aliphatic heterocycles. The molecule has 132 valence electrons. The van der Waals surface area contributed by atoms with Crippen LogP contribution in [0.15, 0.2) is 73.3 Å². The van der Waals surface area contributed by atoms with Crippen LogP contribution < -0.4 is 15.4 Å². The predicted octanol–water partition coefficient (Wildman–Crippen LogP) is 4.36. The van der Waals surface area contributed by atoms with E-state index in [-0.39, 0.29) is 0 Å². The third-order valence-electron chi connectivity index (χ3n) is 3.85. The first kappa shape index (κ1) is 17.5. The van der Waals surface area contributed by atoms with Crippen LogP contribution in [0.2, 0.25) is 0 Å². The third-order valence-corrected chi connectivity index (χ3v) is 3.85. The maximum Gasteiger partial charge on any atom is 0.225 e. The molecule has 0 aliphatic carbocycles. The van der Waals surface area contributed by atoms with Gasteiger partial charge >= 0.3 is 0 Å². The van der Waals surface area contributed by atoms with Crippen molar-refractivity contribution >= 4 is 11.8 Å².